The van der Waals surface area contributed by atoms with E-state index in [4.69, 9.17) is 15.2 Å². The van der Waals surface area contributed by atoms with E-state index < -0.39 is 6.10 Å². The van der Waals surface area contributed by atoms with Gasteiger partial charge in [-0.2, -0.15) is 0 Å². The van der Waals surface area contributed by atoms with E-state index in [-0.39, 0.29) is 12.0 Å². The minimum atomic E-state index is -0.399. The van der Waals surface area contributed by atoms with Crippen molar-refractivity contribution in [1.82, 2.24) is 0 Å². The van der Waals surface area contributed by atoms with Crippen LogP contribution in [0.15, 0.2) is 24.3 Å². The van der Waals surface area contributed by atoms with Gasteiger partial charge in [0.1, 0.15) is 11.9 Å². The summed E-state index contributed by atoms with van der Waals surface area (Å²) in [5.74, 6) is 0.644. The predicted molar refractivity (Wildman–Crippen MR) is 77.8 cm³/mol. The summed E-state index contributed by atoms with van der Waals surface area (Å²) in [5, 5.41) is 2.86. The molecule has 1 aliphatic rings. The van der Waals surface area contributed by atoms with Gasteiger partial charge in [-0.1, -0.05) is 13.0 Å². The summed E-state index contributed by atoms with van der Waals surface area (Å²) in [6, 6.07) is 7.40. The Bertz CT molecular complexity index is 450. The number of carbonyl (C=O) groups excluding carboxylic acids is 1. The molecule has 0 aromatic heterocycles. The standard InChI is InChI=1S/C15H22N2O3/c1-2-8-19-12-5-3-4-11(9-12)17-15(18)14-7-6-13(10-16)20-14/h3-5,9,13-14H,2,6-8,10,16H2,1H3,(H,17,18). The molecule has 2 rings (SSSR count). The van der Waals surface area contributed by atoms with Gasteiger partial charge in [-0.15, -0.1) is 0 Å². The van der Waals surface area contributed by atoms with Crippen LogP contribution in [0, 0.1) is 0 Å². The van der Waals surface area contributed by atoms with Gasteiger partial charge < -0.3 is 20.5 Å². The third-order valence-electron chi connectivity index (χ3n) is 3.24. The van der Waals surface area contributed by atoms with Crippen molar-refractivity contribution in [2.75, 3.05) is 18.5 Å². The van der Waals surface area contributed by atoms with E-state index in [2.05, 4.69) is 12.2 Å². The molecule has 0 aliphatic carbocycles. The Hall–Kier alpha value is -1.59. The van der Waals surface area contributed by atoms with Gasteiger partial charge in [0.2, 0.25) is 0 Å². The molecular formula is C15H22N2O3. The second-order valence-electron chi connectivity index (χ2n) is 4.93. The molecule has 0 saturated carbocycles. The van der Waals surface area contributed by atoms with Crippen molar-refractivity contribution < 1.29 is 14.3 Å². The average Bonchev–Trinajstić information content (AvgIpc) is 2.94. The lowest BCUT2D eigenvalue weighted by Crippen LogP contribution is -2.29. The second-order valence-corrected chi connectivity index (χ2v) is 4.93. The molecule has 5 nitrogen and oxygen atoms in total. The van der Waals surface area contributed by atoms with Gasteiger partial charge in [-0.25, -0.2) is 0 Å². The fourth-order valence-electron chi connectivity index (χ4n) is 2.18. The molecule has 1 amide bonds. The van der Waals surface area contributed by atoms with Crippen LogP contribution in [0.25, 0.3) is 0 Å². The van der Waals surface area contributed by atoms with Crippen molar-refractivity contribution in [3.8, 4) is 5.75 Å². The Balaban J connectivity index is 1.91. The number of anilines is 1. The minimum absolute atomic E-state index is 0.00460. The number of nitrogens with one attached hydrogen (secondary N) is 1. The molecule has 1 aliphatic heterocycles. The lowest BCUT2D eigenvalue weighted by molar-refractivity contribution is -0.126. The smallest absolute Gasteiger partial charge is 0.253 e. The number of hydrogen-bond acceptors (Lipinski definition) is 4. The molecule has 5 heteroatoms. The highest BCUT2D eigenvalue weighted by molar-refractivity contribution is 5.94. The van der Waals surface area contributed by atoms with Gasteiger partial charge in [-0.05, 0) is 31.4 Å². The van der Waals surface area contributed by atoms with E-state index in [9.17, 15) is 4.79 Å². The number of benzene rings is 1. The molecule has 1 aromatic carbocycles. The van der Waals surface area contributed by atoms with Crippen LogP contribution in [-0.4, -0.2) is 31.3 Å². The fraction of sp³-hybridized carbons (Fsp3) is 0.533. The predicted octanol–water partition coefficient (Wildman–Crippen LogP) is 1.92. The van der Waals surface area contributed by atoms with Crippen LogP contribution in [0.2, 0.25) is 0 Å². The summed E-state index contributed by atoms with van der Waals surface area (Å²) in [6.45, 7) is 3.18. The van der Waals surface area contributed by atoms with Crippen molar-refractivity contribution in [2.24, 2.45) is 5.73 Å². The Labute approximate surface area is 119 Å². The normalized spacial score (nSPS) is 21.7. The van der Waals surface area contributed by atoms with Gasteiger partial charge >= 0.3 is 0 Å². The summed E-state index contributed by atoms with van der Waals surface area (Å²) in [7, 11) is 0. The number of hydrogen-bond donors (Lipinski definition) is 2. The van der Waals surface area contributed by atoms with Crippen molar-refractivity contribution in [3.05, 3.63) is 24.3 Å². The van der Waals surface area contributed by atoms with E-state index >= 15 is 0 Å². The number of nitrogens with two attached hydrogens (primary N) is 1. The zero-order valence-corrected chi connectivity index (χ0v) is 11.8. The Morgan fingerprint density at radius 3 is 3.05 bits per heavy atom. The van der Waals surface area contributed by atoms with Gasteiger partial charge in [0, 0.05) is 18.3 Å². The van der Waals surface area contributed by atoms with Gasteiger partial charge in [0.25, 0.3) is 5.91 Å². The van der Waals surface area contributed by atoms with Crippen LogP contribution in [0.5, 0.6) is 5.75 Å². The number of carbonyl (C=O) groups is 1. The lowest BCUT2D eigenvalue weighted by Gasteiger charge is -2.13. The quantitative estimate of drug-likeness (QED) is 0.833. The highest BCUT2D eigenvalue weighted by Crippen LogP contribution is 2.22. The first kappa shape index (κ1) is 14.8. The van der Waals surface area contributed by atoms with E-state index in [0.717, 1.165) is 30.7 Å². The maximum absolute atomic E-state index is 12.1. The third kappa shape index (κ3) is 3.95. The van der Waals surface area contributed by atoms with Gasteiger partial charge in [0.05, 0.1) is 12.7 Å². The largest absolute Gasteiger partial charge is 0.494 e. The number of rotatable bonds is 6. The monoisotopic (exact) mass is 278 g/mol. The van der Waals surface area contributed by atoms with Crippen molar-refractivity contribution in [1.29, 1.82) is 0 Å². The SMILES string of the molecule is CCCOc1cccc(NC(=O)C2CCC(CN)O2)c1. The Kier molecular flexibility index (Phi) is 5.38. The molecular weight excluding hydrogens is 256 g/mol. The Morgan fingerprint density at radius 2 is 2.35 bits per heavy atom. The molecule has 0 radical (unpaired) electrons. The number of ether oxygens (including phenoxy) is 2. The minimum Gasteiger partial charge on any atom is -0.494 e. The van der Waals surface area contributed by atoms with Gasteiger partial charge in [0.15, 0.2) is 0 Å². The molecule has 0 spiro atoms. The highest BCUT2D eigenvalue weighted by atomic mass is 16.5. The first-order valence-corrected chi connectivity index (χ1v) is 7.12. The fourth-order valence-corrected chi connectivity index (χ4v) is 2.18. The summed E-state index contributed by atoms with van der Waals surface area (Å²) in [4.78, 5) is 12.1. The zero-order chi connectivity index (χ0) is 14.4. The Morgan fingerprint density at radius 1 is 1.50 bits per heavy atom. The summed E-state index contributed by atoms with van der Waals surface area (Å²) in [5.41, 5.74) is 6.27. The topological polar surface area (TPSA) is 73.6 Å². The third-order valence-corrected chi connectivity index (χ3v) is 3.24. The molecule has 3 N–H and O–H groups in total. The average molecular weight is 278 g/mol. The van der Waals surface area contributed by atoms with Crippen LogP contribution in [0.1, 0.15) is 26.2 Å². The van der Waals surface area contributed by atoms with E-state index in [0.29, 0.717) is 13.2 Å². The molecule has 1 saturated heterocycles. The molecule has 1 aromatic rings. The van der Waals surface area contributed by atoms with E-state index in [1.165, 1.54) is 0 Å². The van der Waals surface area contributed by atoms with Crippen LogP contribution >= 0.6 is 0 Å². The molecule has 1 heterocycles. The molecule has 2 unspecified atom stereocenters. The summed E-state index contributed by atoms with van der Waals surface area (Å²) < 4.78 is 11.1. The van der Waals surface area contributed by atoms with Gasteiger partial charge in [-0.3, -0.25) is 4.79 Å². The maximum atomic E-state index is 12.1. The maximum Gasteiger partial charge on any atom is 0.253 e. The lowest BCUT2D eigenvalue weighted by atomic mass is 10.2. The van der Waals surface area contributed by atoms with E-state index in [1.807, 2.05) is 24.3 Å². The van der Waals surface area contributed by atoms with Crippen molar-refractivity contribution in [3.63, 3.8) is 0 Å². The molecule has 0 bridgehead atoms. The van der Waals surface area contributed by atoms with E-state index in [1.54, 1.807) is 0 Å². The highest BCUT2D eigenvalue weighted by Gasteiger charge is 2.29. The van der Waals surface area contributed by atoms with Crippen LogP contribution < -0.4 is 15.8 Å². The van der Waals surface area contributed by atoms with Crippen molar-refractivity contribution in [2.45, 2.75) is 38.4 Å². The molecule has 2 atom stereocenters. The van der Waals surface area contributed by atoms with Crippen LogP contribution in [-0.2, 0) is 9.53 Å². The zero-order valence-electron chi connectivity index (χ0n) is 11.8. The summed E-state index contributed by atoms with van der Waals surface area (Å²) in [6.07, 6.45) is 2.12. The molecule has 20 heavy (non-hydrogen) atoms. The summed E-state index contributed by atoms with van der Waals surface area (Å²) >= 11 is 0. The van der Waals surface area contributed by atoms with Crippen LogP contribution in [0.3, 0.4) is 0 Å². The molecule has 110 valence electrons. The first-order valence-electron chi connectivity index (χ1n) is 7.12. The first-order chi connectivity index (χ1) is 9.72. The van der Waals surface area contributed by atoms with Crippen LogP contribution in [0.4, 0.5) is 5.69 Å². The second kappa shape index (κ2) is 7.26. The van der Waals surface area contributed by atoms with Crippen molar-refractivity contribution >= 4 is 11.6 Å². The molecule has 1 fully saturated rings. The number of amides is 1.